The summed E-state index contributed by atoms with van der Waals surface area (Å²) in [6.45, 7) is 1.61. The number of hydrogen-bond acceptors (Lipinski definition) is 3. The lowest BCUT2D eigenvalue weighted by Crippen LogP contribution is -2.09. The number of nitrogens with zero attached hydrogens (tertiary/aromatic N) is 2. The van der Waals surface area contributed by atoms with Crippen LogP contribution in [0.15, 0.2) is 48.7 Å². The second-order valence-corrected chi connectivity index (χ2v) is 5.82. The van der Waals surface area contributed by atoms with Gasteiger partial charge < -0.3 is 10.5 Å². The van der Waals surface area contributed by atoms with Gasteiger partial charge in [-0.25, -0.2) is 4.68 Å². The zero-order chi connectivity index (χ0) is 18.2. The van der Waals surface area contributed by atoms with Gasteiger partial charge in [0.15, 0.2) is 0 Å². The molecular formula is C17H13ClF3N3O. The molecular weight excluding hydrogens is 355 g/mol. The van der Waals surface area contributed by atoms with Crippen molar-refractivity contribution in [1.82, 2.24) is 9.78 Å². The average Bonchev–Trinajstić information content (AvgIpc) is 2.99. The lowest BCUT2D eigenvalue weighted by atomic mass is 10.1. The SMILES string of the molecule is Cc1cc(Oc2ccn(-c3ccc(Cl)cc3)n2)c(C(F)(F)F)cc1N. The van der Waals surface area contributed by atoms with E-state index in [1.165, 1.54) is 16.8 Å². The molecule has 4 nitrogen and oxygen atoms in total. The van der Waals surface area contributed by atoms with Crippen molar-refractivity contribution in [1.29, 1.82) is 0 Å². The van der Waals surface area contributed by atoms with Gasteiger partial charge in [0.05, 0.1) is 5.69 Å². The topological polar surface area (TPSA) is 53.1 Å². The summed E-state index contributed by atoms with van der Waals surface area (Å²) in [7, 11) is 0. The van der Waals surface area contributed by atoms with E-state index in [2.05, 4.69) is 5.10 Å². The van der Waals surface area contributed by atoms with Crippen molar-refractivity contribution in [3.63, 3.8) is 0 Å². The first-order valence-electron chi connectivity index (χ1n) is 7.21. The van der Waals surface area contributed by atoms with Crippen LogP contribution in [0, 0.1) is 6.92 Å². The molecule has 2 N–H and O–H groups in total. The number of benzene rings is 2. The summed E-state index contributed by atoms with van der Waals surface area (Å²) in [5.41, 5.74) is 5.87. The van der Waals surface area contributed by atoms with Crippen molar-refractivity contribution in [2.45, 2.75) is 13.1 Å². The van der Waals surface area contributed by atoms with Gasteiger partial charge in [0.1, 0.15) is 11.3 Å². The Kier molecular flexibility index (Phi) is 4.34. The smallest absolute Gasteiger partial charge is 0.420 e. The van der Waals surface area contributed by atoms with Crippen molar-refractivity contribution in [2.75, 3.05) is 5.73 Å². The first kappa shape index (κ1) is 17.2. The summed E-state index contributed by atoms with van der Waals surface area (Å²) in [5, 5.41) is 4.70. The molecule has 0 aliphatic rings. The van der Waals surface area contributed by atoms with Gasteiger partial charge in [-0.2, -0.15) is 13.2 Å². The third-order valence-electron chi connectivity index (χ3n) is 3.54. The Bertz CT molecular complexity index is 904. The highest BCUT2D eigenvalue weighted by molar-refractivity contribution is 6.30. The lowest BCUT2D eigenvalue weighted by molar-refractivity contribution is -0.138. The molecule has 8 heteroatoms. The number of halogens is 4. The summed E-state index contributed by atoms with van der Waals surface area (Å²) in [4.78, 5) is 0. The quantitative estimate of drug-likeness (QED) is 0.645. The van der Waals surface area contributed by atoms with E-state index in [4.69, 9.17) is 22.1 Å². The second kappa shape index (κ2) is 6.33. The number of rotatable bonds is 3. The van der Waals surface area contributed by atoms with Crippen LogP contribution in [0.5, 0.6) is 11.6 Å². The van der Waals surface area contributed by atoms with E-state index < -0.39 is 11.7 Å². The number of aryl methyl sites for hydroxylation is 1. The molecule has 0 saturated heterocycles. The molecule has 0 unspecified atom stereocenters. The molecule has 0 aliphatic carbocycles. The highest BCUT2D eigenvalue weighted by Gasteiger charge is 2.35. The zero-order valence-electron chi connectivity index (χ0n) is 13.0. The van der Waals surface area contributed by atoms with E-state index in [9.17, 15) is 13.2 Å². The summed E-state index contributed by atoms with van der Waals surface area (Å²) >= 11 is 5.83. The molecule has 0 radical (unpaired) electrons. The minimum absolute atomic E-state index is 0.0321. The third kappa shape index (κ3) is 3.71. The monoisotopic (exact) mass is 367 g/mol. The summed E-state index contributed by atoms with van der Waals surface area (Å²) in [5.74, 6) is -0.315. The highest BCUT2D eigenvalue weighted by atomic mass is 35.5. The molecule has 0 amide bonds. The number of aromatic nitrogens is 2. The van der Waals surface area contributed by atoms with Crippen LogP contribution < -0.4 is 10.5 Å². The Morgan fingerprint density at radius 1 is 1.12 bits per heavy atom. The van der Waals surface area contributed by atoms with Gasteiger partial charge in [0.2, 0.25) is 5.88 Å². The predicted molar refractivity (Wildman–Crippen MR) is 89.2 cm³/mol. The minimum Gasteiger partial charge on any atom is -0.437 e. The minimum atomic E-state index is -4.59. The van der Waals surface area contributed by atoms with E-state index in [0.29, 0.717) is 16.3 Å². The molecule has 0 bridgehead atoms. The maximum atomic E-state index is 13.2. The molecule has 130 valence electrons. The molecule has 2 aromatic carbocycles. The van der Waals surface area contributed by atoms with Gasteiger partial charge in [0.25, 0.3) is 0 Å². The molecule has 1 aromatic heterocycles. The van der Waals surface area contributed by atoms with Crippen LogP contribution in [-0.4, -0.2) is 9.78 Å². The molecule has 3 aromatic rings. The Labute approximate surface area is 146 Å². The van der Waals surface area contributed by atoms with Crippen LogP contribution in [0.4, 0.5) is 18.9 Å². The Morgan fingerprint density at radius 2 is 1.80 bits per heavy atom. The van der Waals surface area contributed by atoms with Crippen molar-refractivity contribution in [3.8, 4) is 17.3 Å². The molecule has 1 heterocycles. The van der Waals surface area contributed by atoms with Crippen molar-refractivity contribution in [2.24, 2.45) is 0 Å². The van der Waals surface area contributed by atoms with Gasteiger partial charge >= 0.3 is 6.18 Å². The summed E-state index contributed by atoms with van der Waals surface area (Å²) in [6, 6.07) is 10.4. The van der Waals surface area contributed by atoms with E-state index in [-0.39, 0.29) is 17.3 Å². The van der Waals surface area contributed by atoms with Crippen LogP contribution in [0.3, 0.4) is 0 Å². The fraction of sp³-hybridized carbons (Fsp3) is 0.118. The number of anilines is 1. The molecule has 0 aliphatic heterocycles. The summed E-state index contributed by atoms with van der Waals surface area (Å²) < 4.78 is 46.4. The van der Waals surface area contributed by atoms with Crippen LogP contribution in [0.1, 0.15) is 11.1 Å². The largest absolute Gasteiger partial charge is 0.437 e. The molecule has 25 heavy (non-hydrogen) atoms. The number of alkyl halides is 3. The first-order valence-corrected chi connectivity index (χ1v) is 7.58. The van der Waals surface area contributed by atoms with Crippen LogP contribution in [0.25, 0.3) is 5.69 Å². The van der Waals surface area contributed by atoms with Crippen molar-refractivity contribution in [3.05, 3.63) is 64.8 Å². The number of nitrogens with two attached hydrogens (primary N) is 1. The van der Waals surface area contributed by atoms with Crippen molar-refractivity contribution >= 4 is 17.3 Å². The van der Waals surface area contributed by atoms with E-state index in [0.717, 1.165) is 6.07 Å². The normalized spacial score (nSPS) is 11.6. The van der Waals surface area contributed by atoms with E-state index in [1.807, 2.05) is 0 Å². The molecule has 3 rings (SSSR count). The number of ether oxygens (including phenoxy) is 1. The van der Waals surface area contributed by atoms with Gasteiger partial charge in [-0.15, -0.1) is 5.10 Å². The van der Waals surface area contributed by atoms with E-state index in [1.54, 1.807) is 37.4 Å². The fourth-order valence-corrected chi connectivity index (χ4v) is 2.34. The first-order chi connectivity index (χ1) is 11.7. The Balaban J connectivity index is 1.93. The lowest BCUT2D eigenvalue weighted by Gasteiger charge is -2.14. The van der Waals surface area contributed by atoms with Gasteiger partial charge in [-0.05, 0) is 48.9 Å². The van der Waals surface area contributed by atoms with Crippen LogP contribution >= 0.6 is 11.6 Å². The maximum Gasteiger partial charge on any atom is 0.420 e. The van der Waals surface area contributed by atoms with Crippen LogP contribution in [0.2, 0.25) is 5.02 Å². The molecule has 0 fully saturated rings. The number of nitrogen functional groups attached to an aromatic ring is 1. The zero-order valence-corrected chi connectivity index (χ0v) is 13.8. The number of hydrogen-bond donors (Lipinski definition) is 1. The Hall–Kier alpha value is -2.67. The fourth-order valence-electron chi connectivity index (χ4n) is 2.22. The third-order valence-corrected chi connectivity index (χ3v) is 3.80. The van der Waals surface area contributed by atoms with Crippen LogP contribution in [-0.2, 0) is 6.18 Å². The second-order valence-electron chi connectivity index (χ2n) is 5.38. The Morgan fingerprint density at radius 3 is 2.44 bits per heavy atom. The molecule has 0 spiro atoms. The predicted octanol–water partition coefficient (Wildman–Crippen LogP) is 5.23. The van der Waals surface area contributed by atoms with E-state index >= 15 is 0 Å². The standard InChI is InChI=1S/C17H13ClF3N3O/c1-10-8-15(13(9-14(10)22)17(19,20)21)25-16-6-7-24(23-16)12-4-2-11(18)3-5-12/h2-9H,22H2,1H3. The van der Waals surface area contributed by atoms with Gasteiger partial charge in [-0.3, -0.25) is 0 Å². The average molecular weight is 368 g/mol. The van der Waals surface area contributed by atoms with Gasteiger partial charge in [-0.1, -0.05) is 11.6 Å². The molecule has 0 saturated carbocycles. The van der Waals surface area contributed by atoms with Gasteiger partial charge in [0, 0.05) is 23.0 Å². The highest BCUT2D eigenvalue weighted by Crippen LogP contribution is 2.40. The summed E-state index contributed by atoms with van der Waals surface area (Å²) in [6.07, 6.45) is -3.01. The molecule has 0 atom stereocenters. The van der Waals surface area contributed by atoms with Crippen molar-refractivity contribution < 1.29 is 17.9 Å². The maximum absolute atomic E-state index is 13.2.